The molecule has 0 aliphatic rings. The Labute approximate surface area is 124 Å². The number of hydrogen-bond acceptors (Lipinski definition) is 5. The third kappa shape index (κ3) is 3.26. The van der Waals surface area contributed by atoms with Gasteiger partial charge in [0.05, 0.1) is 12.6 Å². The molecule has 6 heteroatoms. The van der Waals surface area contributed by atoms with Gasteiger partial charge < -0.3 is 4.74 Å². The zero-order chi connectivity index (χ0) is 15.2. The Morgan fingerprint density at radius 3 is 2.86 bits per heavy atom. The van der Waals surface area contributed by atoms with Gasteiger partial charge in [0.15, 0.2) is 5.69 Å². The summed E-state index contributed by atoms with van der Waals surface area (Å²) in [5.74, 6) is -0.452. The van der Waals surface area contributed by atoms with Crippen LogP contribution in [0.4, 0.5) is 0 Å². The molecule has 0 saturated heterocycles. The maximum atomic E-state index is 12.1. The Morgan fingerprint density at radius 2 is 2.24 bits per heavy atom. The van der Waals surface area contributed by atoms with Gasteiger partial charge in [0.2, 0.25) is 0 Å². The molecule has 0 N–H and O–H groups in total. The first-order valence-corrected chi connectivity index (χ1v) is 7.21. The van der Waals surface area contributed by atoms with Crippen molar-refractivity contribution in [2.24, 2.45) is 0 Å². The molecule has 2 rings (SSSR count). The fourth-order valence-corrected chi connectivity index (χ4v) is 2.25. The Bertz CT molecular complexity index is 595. The highest BCUT2D eigenvalue weighted by Crippen LogP contribution is 2.26. The molecule has 0 spiro atoms. The van der Waals surface area contributed by atoms with Crippen molar-refractivity contribution < 1.29 is 9.53 Å². The van der Waals surface area contributed by atoms with Crippen LogP contribution in [0, 0.1) is 0 Å². The van der Waals surface area contributed by atoms with Crippen LogP contribution in [0.5, 0.6) is 0 Å². The van der Waals surface area contributed by atoms with Crippen molar-refractivity contribution in [1.82, 2.24) is 20.0 Å². The molecule has 112 valence electrons. The lowest BCUT2D eigenvalue weighted by atomic mass is 10.1. The van der Waals surface area contributed by atoms with Gasteiger partial charge in [-0.05, 0) is 32.4 Å². The van der Waals surface area contributed by atoms with Gasteiger partial charge >= 0.3 is 5.97 Å². The standard InChI is InChI=1S/C15H20N4O2/c1-4-7-11(3)19-14(12-8-6-9-16-10-12)13(17-18-19)15(20)21-5-2/h6,8-11H,4-5,7H2,1-3H3. The molecular weight excluding hydrogens is 268 g/mol. The summed E-state index contributed by atoms with van der Waals surface area (Å²) in [6.45, 7) is 6.25. The normalized spacial score (nSPS) is 12.1. The summed E-state index contributed by atoms with van der Waals surface area (Å²) in [6.07, 6.45) is 5.38. The Kier molecular flexibility index (Phi) is 5.03. The van der Waals surface area contributed by atoms with Crippen LogP contribution in [0.1, 0.15) is 50.1 Å². The molecule has 0 radical (unpaired) electrons. The maximum Gasteiger partial charge on any atom is 0.361 e. The molecule has 0 bridgehead atoms. The molecule has 2 heterocycles. The SMILES string of the molecule is CCCC(C)n1nnc(C(=O)OCC)c1-c1cccnc1. The minimum Gasteiger partial charge on any atom is -0.461 e. The van der Waals surface area contributed by atoms with Gasteiger partial charge in [-0.3, -0.25) is 4.98 Å². The van der Waals surface area contributed by atoms with Crippen LogP contribution in [0.25, 0.3) is 11.3 Å². The minimum atomic E-state index is -0.452. The summed E-state index contributed by atoms with van der Waals surface area (Å²) in [7, 11) is 0. The van der Waals surface area contributed by atoms with E-state index in [0.29, 0.717) is 12.3 Å². The number of ether oxygens (including phenoxy) is 1. The molecule has 6 nitrogen and oxygen atoms in total. The molecule has 1 atom stereocenters. The molecular formula is C15H20N4O2. The molecule has 1 unspecified atom stereocenters. The molecule has 0 fully saturated rings. The number of hydrogen-bond donors (Lipinski definition) is 0. The van der Waals surface area contributed by atoms with E-state index in [2.05, 4.69) is 29.1 Å². The average Bonchev–Trinajstić information content (AvgIpc) is 2.93. The molecule has 0 aliphatic heterocycles. The summed E-state index contributed by atoms with van der Waals surface area (Å²) in [4.78, 5) is 16.2. The predicted octanol–water partition coefficient (Wildman–Crippen LogP) is 2.88. The third-order valence-electron chi connectivity index (χ3n) is 3.22. The smallest absolute Gasteiger partial charge is 0.361 e. The van der Waals surface area contributed by atoms with Crippen molar-refractivity contribution in [3.63, 3.8) is 0 Å². The van der Waals surface area contributed by atoms with Crippen LogP contribution in [0.3, 0.4) is 0 Å². The maximum absolute atomic E-state index is 12.1. The van der Waals surface area contributed by atoms with Gasteiger partial charge in [0.25, 0.3) is 0 Å². The lowest BCUT2D eigenvalue weighted by molar-refractivity contribution is 0.0520. The van der Waals surface area contributed by atoms with E-state index in [9.17, 15) is 4.79 Å². The lowest BCUT2D eigenvalue weighted by Gasteiger charge is -2.14. The summed E-state index contributed by atoms with van der Waals surface area (Å²) in [5.41, 5.74) is 1.73. The Hall–Kier alpha value is -2.24. The summed E-state index contributed by atoms with van der Waals surface area (Å²) < 4.78 is 6.85. The van der Waals surface area contributed by atoms with Gasteiger partial charge in [0.1, 0.15) is 5.69 Å². The molecule has 2 aromatic rings. The van der Waals surface area contributed by atoms with Gasteiger partial charge in [-0.2, -0.15) is 0 Å². The Morgan fingerprint density at radius 1 is 1.43 bits per heavy atom. The predicted molar refractivity (Wildman–Crippen MR) is 78.8 cm³/mol. The van der Waals surface area contributed by atoms with Crippen molar-refractivity contribution in [1.29, 1.82) is 0 Å². The van der Waals surface area contributed by atoms with Crippen molar-refractivity contribution in [3.05, 3.63) is 30.2 Å². The second-order valence-electron chi connectivity index (χ2n) is 4.83. The van der Waals surface area contributed by atoms with Crippen molar-refractivity contribution in [2.45, 2.75) is 39.7 Å². The number of carbonyl (C=O) groups excluding carboxylic acids is 1. The second-order valence-corrected chi connectivity index (χ2v) is 4.83. The van der Waals surface area contributed by atoms with E-state index in [4.69, 9.17) is 4.74 Å². The van der Waals surface area contributed by atoms with Gasteiger partial charge in [-0.25, -0.2) is 9.48 Å². The van der Waals surface area contributed by atoms with Crippen LogP contribution >= 0.6 is 0 Å². The van der Waals surface area contributed by atoms with Crippen molar-refractivity contribution in [2.75, 3.05) is 6.61 Å². The van der Waals surface area contributed by atoms with Crippen LogP contribution in [0.2, 0.25) is 0 Å². The summed E-state index contributed by atoms with van der Waals surface area (Å²) in [6, 6.07) is 3.87. The van der Waals surface area contributed by atoms with E-state index >= 15 is 0 Å². The first-order chi connectivity index (χ1) is 10.2. The zero-order valence-corrected chi connectivity index (χ0v) is 12.6. The second kappa shape index (κ2) is 6.97. The largest absolute Gasteiger partial charge is 0.461 e. The fourth-order valence-electron chi connectivity index (χ4n) is 2.25. The Balaban J connectivity index is 2.50. The van der Waals surface area contributed by atoms with E-state index in [1.165, 1.54) is 0 Å². The van der Waals surface area contributed by atoms with E-state index in [1.807, 2.05) is 12.1 Å². The minimum absolute atomic E-state index is 0.154. The summed E-state index contributed by atoms with van der Waals surface area (Å²) >= 11 is 0. The highest BCUT2D eigenvalue weighted by molar-refractivity contribution is 5.94. The van der Waals surface area contributed by atoms with Crippen LogP contribution < -0.4 is 0 Å². The van der Waals surface area contributed by atoms with E-state index in [-0.39, 0.29) is 11.7 Å². The highest BCUT2D eigenvalue weighted by Gasteiger charge is 2.24. The van der Waals surface area contributed by atoms with Crippen LogP contribution in [0.15, 0.2) is 24.5 Å². The van der Waals surface area contributed by atoms with Crippen molar-refractivity contribution >= 4 is 5.97 Å². The van der Waals surface area contributed by atoms with Gasteiger partial charge in [-0.15, -0.1) is 5.10 Å². The molecule has 0 aromatic carbocycles. The van der Waals surface area contributed by atoms with Crippen molar-refractivity contribution in [3.8, 4) is 11.3 Å². The number of esters is 1. The van der Waals surface area contributed by atoms with Gasteiger partial charge in [0, 0.05) is 18.0 Å². The van der Waals surface area contributed by atoms with E-state index in [0.717, 1.165) is 18.4 Å². The number of aromatic nitrogens is 4. The highest BCUT2D eigenvalue weighted by atomic mass is 16.5. The fraction of sp³-hybridized carbons (Fsp3) is 0.467. The molecule has 0 saturated carbocycles. The zero-order valence-electron chi connectivity index (χ0n) is 12.6. The average molecular weight is 288 g/mol. The number of nitrogens with zero attached hydrogens (tertiary/aromatic N) is 4. The van der Waals surface area contributed by atoms with Crippen LogP contribution in [-0.4, -0.2) is 32.6 Å². The lowest BCUT2D eigenvalue weighted by Crippen LogP contribution is -2.11. The first kappa shape index (κ1) is 15.2. The van der Waals surface area contributed by atoms with Crippen LogP contribution in [-0.2, 0) is 4.74 Å². The third-order valence-corrected chi connectivity index (χ3v) is 3.22. The number of carbonyl (C=O) groups is 1. The quantitative estimate of drug-likeness (QED) is 0.764. The molecule has 0 aliphatic carbocycles. The van der Waals surface area contributed by atoms with E-state index in [1.54, 1.807) is 24.0 Å². The van der Waals surface area contributed by atoms with E-state index < -0.39 is 5.97 Å². The van der Waals surface area contributed by atoms with Gasteiger partial charge in [-0.1, -0.05) is 18.6 Å². The molecule has 21 heavy (non-hydrogen) atoms. The summed E-state index contributed by atoms with van der Waals surface area (Å²) in [5, 5.41) is 8.18. The monoisotopic (exact) mass is 288 g/mol. The topological polar surface area (TPSA) is 69.9 Å². The molecule has 0 amide bonds. The molecule has 2 aromatic heterocycles. The number of rotatable bonds is 6. The number of pyridine rings is 1. The first-order valence-electron chi connectivity index (χ1n) is 7.21.